The fraction of sp³-hybridized carbons (Fsp3) is 0.267. The van der Waals surface area contributed by atoms with Crippen molar-refractivity contribution in [1.82, 2.24) is 9.80 Å². The van der Waals surface area contributed by atoms with Crippen LogP contribution in [0.4, 0.5) is 0 Å². The van der Waals surface area contributed by atoms with Gasteiger partial charge in [-0.15, -0.1) is 0 Å². The molecule has 1 aromatic heterocycles. The number of hydrogen-bond donors (Lipinski definition) is 0. The second-order valence-electron chi connectivity index (χ2n) is 9.56. The van der Waals surface area contributed by atoms with E-state index in [1.54, 1.807) is 36.3 Å². The Morgan fingerprint density at radius 1 is 0.973 bits per heavy atom. The molecule has 0 saturated carbocycles. The summed E-state index contributed by atoms with van der Waals surface area (Å²) in [7, 11) is 5.48. The zero-order valence-electron chi connectivity index (χ0n) is 21.5. The summed E-state index contributed by atoms with van der Waals surface area (Å²) in [4.78, 5) is 30.9. The number of carbonyl (C=O) groups is 1. The third kappa shape index (κ3) is 4.70. The summed E-state index contributed by atoms with van der Waals surface area (Å²) in [5.74, 6) is 0.930. The van der Waals surface area contributed by atoms with Crippen LogP contribution in [0.5, 0.6) is 11.5 Å². The minimum Gasteiger partial charge on any atom is -0.493 e. The summed E-state index contributed by atoms with van der Waals surface area (Å²) in [5.41, 5.74) is 3.57. The van der Waals surface area contributed by atoms with Gasteiger partial charge in [-0.1, -0.05) is 48.0 Å². The molecule has 2 heterocycles. The van der Waals surface area contributed by atoms with Crippen LogP contribution in [0.15, 0.2) is 75.9 Å². The predicted molar refractivity (Wildman–Crippen MR) is 142 cm³/mol. The fourth-order valence-electron chi connectivity index (χ4n) is 4.67. The van der Waals surface area contributed by atoms with Gasteiger partial charge in [0.05, 0.1) is 24.1 Å². The van der Waals surface area contributed by atoms with E-state index < -0.39 is 6.04 Å². The van der Waals surface area contributed by atoms with Gasteiger partial charge in [0.1, 0.15) is 12.2 Å². The molecule has 0 N–H and O–H groups in total. The smallest absolute Gasteiger partial charge is 0.290 e. The van der Waals surface area contributed by atoms with E-state index in [1.807, 2.05) is 68.4 Å². The molecule has 1 amide bonds. The molecule has 1 aliphatic rings. The van der Waals surface area contributed by atoms with Crippen LogP contribution in [0.3, 0.4) is 0 Å². The first-order valence-corrected chi connectivity index (χ1v) is 12.2. The van der Waals surface area contributed by atoms with E-state index >= 15 is 0 Å². The van der Waals surface area contributed by atoms with Crippen LogP contribution in [0.1, 0.15) is 38.9 Å². The molecule has 37 heavy (non-hydrogen) atoms. The molecule has 0 radical (unpaired) electrons. The molecule has 0 saturated heterocycles. The quantitative estimate of drug-likeness (QED) is 0.348. The molecule has 0 unspecified atom stereocenters. The number of ether oxygens (including phenoxy) is 2. The molecule has 4 aromatic rings. The molecular formula is C30H30N2O5. The largest absolute Gasteiger partial charge is 0.493 e. The Hall–Kier alpha value is -4.10. The van der Waals surface area contributed by atoms with Gasteiger partial charge in [0.15, 0.2) is 16.9 Å². The summed E-state index contributed by atoms with van der Waals surface area (Å²) in [6, 6.07) is 20.2. The van der Waals surface area contributed by atoms with Crippen molar-refractivity contribution >= 4 is 16.9 Å². The highest BCUT2D eigenvalue weighted by atomic mass is 16.5. The van der Waals surface area contributed by atoms with E-state index in [0.717, 1.165) is 11.1 Å². The zero-order valence-corrected chi connectivity index (χ0v) is 21.5. The molecule has 0 fully saturated rings. The summed E-state index contributed by atoms with van der Waals surface area (Å²) in [6.45, 7) is 3.51. The number of aryl methyl sites for hydroxylation is 1. The summed E-state index contributed by atoms with van der Waals surface area (Å²) < 4.78 is 17.7. The molecule has 0 bridgehead atoms. The van der Waals surface area contributed by atoms with Crippen molar-refractivity contribution in [3.05, 3.63) is 105 Å². The third-order valence-corrected chi connectivity index (χ3v) is 6.68. The van der Waals surface area contributed by atoms with Gasteiger partial charge in [-0.3, -0.25) is 9.59 Å². The van der Waals surface area contributed by atoms with Crippen LogP contribution in [-0.2, 0) is 6.61 Å². The monoisotopic (exact) mass is 498 g/mol. The number of rotatable bonds is 8. The van der Waals surface area contributed by atoms with Crippen molar-refractivity contribution < 1.29 is 18.7 Å². The van der Waals surface area contributed by atoms with Crippen LogP contribution < -0.4 is 14.9 Å². The molecular weight excluding hydrogens is 468 g/mol. The zero-order chi connectivity index (χ0) is 26.1. The highest BCUT2D eigenvalue weighted by molar-refractivity contribution is 5.99. The molecule has 5 rings (SSSR count). The first-order chi connectivity index (χ1) is 17.9. The van der Waals surface area contributed by atoms with Crippen molar-refractivity contribution in [2.45, 2.75) is 19.6 Å². The minimum atomic E-state index is -0.594. The van der Waals surface area contributed by atoms with Gasteiger partial charge in [-0.25, -0.2) is 0 Å². The standard InChI is InChI=1S/C30H30N2O5/c1-19-9-11-20(12-10-19)18-36-24-14-13-21(17-25(24)35-4)27-26-28(33)22-7-5-6-8-23(22)37-29(26)30(34)32(27)16-15-31(2)3/h5-14,17,27H,15-16,18H2,1-4H3/t27-/m1/s1. The lowest BCUT2D eigenvalue weighted by Crippen LogP contribution is -2.35. The van der Waals surface area contributed by atoms with Crippen LogP contribution in [0.25, 0.3) is 11.0 Å². The number of nitrogens with zero attached hydrogens (tertiary/aromatic N) is 2. The normalized spacial score (nSPS) is 14.9. The van der Waals surface area contributed by atoms with E-state index in [-0.39, 0.29) is 17.1 Å². The fourth-order valence-corrected chi connectivity index (χ4v) is 4.67. The molecule has 0 aliphatic carbocycles. The first-order valence-electron chi connectivity index (χ1n) is 12.2. The van der Waals surface area contributed by atoms with Crippen molar-refractivity contribution in [3.8, 4) is 11.5 Å². The number of fused-ring (bicyclic) bond motifs is 2. The maximum absolute atomic E-state index is 13.6. The Balaban J connectivity index is 1.55. The Kier molecular flexibility index (Phi) is 6.72. The Bertz CT molecular complexity index is 1510. The molecule has 7 nitrogen and oxygen atoms in total. The highest BCUT2D eigenvalue weighted by Crippen LogP contribution is 2.41. The van der Waals surface area contributed by atoms with Crippen molar-refractivity contribution in [1.29, 1.82) is 0 Å². The topological polar surface area (TPSA) is 72.2 Å². The minimum absolute atomic E-state index is 0.103. The average molecular weight is 499 g/mol. The lowest BCUT2D eigenvalue weighted by Gasteiger charge is -2.27. The highest BCUT2D eigenvalue weighted by Gasteiger charge is 2.42. The van der Waals surface area contributed by atoms with E-state index in [4.69, 9.17) is 13.9 Å². The Morgan fingerprint density at radius 2 is 1.73 bits per heavy atom. The molecule has 7 heteroatoms. The number of amides is 1. The molecule has 1 aliphatic heterocycles. The Labute approximate surface area is 215 Å². The van der Waals surface area contributed by atoms with E-state index in [9.17, 15) is 9.59 Å². The maximum Gasteiger partial charge on any atom is 0.290 e. The van der Waals surface area contributed by atoms with Crippen LogP contribution in [0.2, 0.25) is 0 Å². The van der Waals surface area contributed by atoms with Crippen molar-refractivity contribution in [3.63, 3.8) is 0 Å². The first kappa shape index (κ1) is 24.6. The second kappa shape index (κ2) is 10.1. The van der Waals surface area contributed by atoms with Crippen molar-refractivity contribution in [2.75, 3.05) is 34.3 Å². The average Bonchev–Trinajstić information content (AvgIpc) is 3.18. The third-order valence-electron chi connectivity index (χ3n) is 6.68. The Morgan fingerprint density at radius 3 is 2.46 bits per heavy atom. The van der Waals surface area contributed by atoms with Gasteiger partial charge >= 0.3 is 0 Å². The van der Waals surface area contributed by atoms with Gasteiger partial charge in [0.2, 0.25) is 5.76 Å². The number of hydrogen-bond acceptors (Lipinski definition) is 6. The van der Waals surface area contributed by atoms with Gasteiger partial charge in [0.25, 0.3) is 5.91 Å². The van der Waals surface area contributed by atoms with Gasteiger partial charge in [0, 0.05) is 13.1 Å². The number of likely N-dealkylation sites (N-methyl/N-ethyl adjacent to an activating group) is 1. The summed E-state index contributed by atoms with van der Waals surface area (Å²) >= 11 is 0. The van der Waals surface area contributed by atoms with Gasteiger partial charge in [-0.2, -0.15) is 0 Å². The second-order valence-corrected chi connectivity index (χ2v) is 9.56. The van der Waals surface area contributed by atoms with E-state index in [2.05, 4.69) is 0 Å². The lowest BCUT2D eigenvalue weighted by atomic mass is 9.98. The predicted octanol–water partition coefficient (Wildman–Crippen LogP) is 4.80. The molecule has 1 atom stereocenters. The lowest BCUT2D eigenvalue weighted by molar-refractivity contribution is 0.0716. The number of para-hydroxylation sites is 1. The molecule has 3 aromatic carbocycles. The summed E-state index contributed by atoms with van der Waals surface area (Å²) in [5, 5.41) is 0.457. The molecule has 0 spiro atoms. The number of benzene rings is 3. The SMILES string of the molecule is COc1cc([C@@H]2c3c(oc4ccccc4c3=O)C(=O)N2CCN(C)C)ccc1OCc1ccc(C)cc1. The molecule has 190 valence electrons. The van der Waals surface area contributed by atoms with Crippen LogP contribution in [0, 0.1) is 6.92 Å². The van der Waals surface area contributed by atoms with E-state index in [1.165, 1.54) is 5.56 Å². The summed E-state index contributed by atoms with van der Waals surface area (Å²) in [6.07, 6.45) is 0. The van der Waals surface area contributed by atoms with Crippen LogP contribution >= 0.6 is 0 Å². The van der Waals surface area contributed by atoms with Crippen molar-refractivity contribution in [2.24, 2.45) is 0 Å². The number of carbonyl (C=O) groups excluding carboxylic acids is 1. The van der Waals surface area contributed by atoms with E-state index in [0.29, 0.717) is 47.7 Å². The van der Waals surface area contributed by atoms with Crippen LogP contribution in [-0.4, -0.2) is 50.0 Å². The van der Waals surface area contributed by atoms with Gasteiger partial charge in [-0.05, 0) is 56.4 Å². The number of methoxy groups -OCH3 is 1. The van der Waals surface area contributed by atoms with Gasteiger partial charge < -0.3 is 23.7 Å². The maximum atomic E-state index is 13.6.